The molecule has 1 heterocycles. The Morgan fingerprint density at radius 1 is 1.44 bits per heavy atom. The highest BCUT2D eigenvalue weighted by molar-refractivity contribution is 7.99. The number of thioether (sulfide) groups is 1. The van der Waals surface area contributed by atoms with Crippen molar-refractivity contribution in [1.82, 2.24) is 10.2 Å². The van der Waals surface area contributed by atoms with E-state index < -0.39 is 0 Å². The summed E-state index contributed by atoms with van der Waals surface area (Å²) >= 11 is 1.62. The predicted molar refractivity (Wildman–Crippen MR) is 73.5 cm³/mol. The van der Waals surface area contributed by atoms with Gasteiger partial charge in [0, 0.05) is 13.1 Å². The Morgan fingerprint density at radius 2 is 2.06 bits per heavy atom. The monoisotopic (exact) mass is 266 g/mol. The maximum atomic E-state index is 11.6. The molecule has 5 heteroatoms. The highest BCUT2D eigenvalue weighted by Crippen LogP contribution is 2.20. The third kappa shape index (κ3) is 5.41. The van der Waals surface area contributed by atoms with Crippen LogP contribution in [0.3, 0.4) is 0 Å². The Bertz CT molecular complexity index is 196. The van der Waals surface area contributed by atoms with Crippen LogP contribution < -0.4 is 5.32 Å². The van der Waals surface area contributed by atoms with Crippen molar-refractivity contribution in [3.05, 3.63) is 0 Å². The smallest absolute Gasteiger partial charge is 0.232 e. The van der Waals surface area contributed by atoms with Gasteiger partial charge in [0.2, 0.25) is 5.91 Å². The van der Waals surface area contributed by atoms with Gasteiger partial charge in [-0.05, 0) is 45.0 Å². The average molecular weight is 267 g/mol. The number of amides is 1. The molecule has 0 aliphatic carbocycles. The number of carbonyl (C=O) groups is 1. The number of nitrogens with one attached hydrogen (secondary N) is 1. The zero-order valence-electron chi connectivity index (χ0n) is 10.2. The van der Waals surface area contributed by atoms with E-state index >= 15 is 0 Å². The predicted octanol–water partition coefficient (Wildman–Crippen LogP) is 1.62. The molecule has 0 unspecified atom stereocenters. The number of likely N-dealkylation sites (tertiary alicyclic amines) is 1. The molecule has 0 bridgehead atoms. The third-order valence-electron chi connectivity index (χ3n) is 3.04. The molecule has 1 amide bonds. The summed E-state index contributed by atoms with van der Waals surface area (Å²) in [5.74, 6) is 1.77. The second kappa shape index (κ2) is 9.14. The van der Waals surface area contributed by atoms with Gasteiger partial charge in [-0.2, -0.15) is 11.8 Å². The summed E-state index contributed by atoms with van der Waals surface area (Å²) in [6.07, 6.45) is 5.60. The molecule has 1 rings (SSSR count). The summed E-state index contributed by atoms with van der Waals surface area (Å²) in [6.45, 7) is 3.03. The number of piperidine rings is 1. The molecule has 3 nitrogen and oxygen atoms in total. The minimum absolute atomic E-state index is 0. The quantitative estimate of drug-likeness (QED) is 0.821. The van der Waals surface area contributed by atoms with E-state index in [1.807, 2.05) is 18.2 Å². The summed E-state index contributed by atoms with van der Waals surface area (Å²) in [7, 11) is 2.00. The van der Waals surface area contributed by atoms with Crippen LogP contribution in [0.15, 0.2) is 0 Å². The Kier molecular flexibility index (Phi) is 9.18. The zero-order valence-corrected chi connectivity index (χ0v) is 11.8. The first kappa shape index (κ1) is 16.1. The van der Waals surface area contributed by atoms with Gasteiger partial charge in [-0.1, -0.05) is 0 Å². The van der Waals surface area contributed by atoms with Gasteiger partial charge < -0.3 is 10.2 Å². The Morgan fingerprint density at radius 3 is 2.56 bits per heavy atom. The maximum absolute atomic E-state index is 11.6. The highest BCUT2D eigenvalue weighted by atomic mass is 35.5. The van der Waals surface area contributed by atoms with E-state index in [4.69, 9.17) is 0 Å². The number of nitrogens with zero attached hydrogens (tertiary/aromatic N) is 1. The van der Waals surface area contributed by atoms with Crippen LogP contribution in [0, 0.1) is 5.92 Å². The zero-order chi connectivity index (χ0) is 11.1. The summed E-state index contributed by atoms with van der Waals surface area (Å²) in [4.78, 5) is 13.6. The van der Waals surface area contributed by atoms with Crippen molar-refractivity contribution in [3.63, 3.8) is 0 Å². The van der Waals surface area contributed by atoms with E-state index in [0.717, 1.165) is 25.6 Å². The minimum Gasteiger partial charge on any atom is -0.342 e. The number of hydrogen-bond acceptors (Lipinski definition) is 3. The lowest BCUT2D eigenvalue weighted by molar-refractivity contribution is -0.129. The summed E-state index contributed by atoms with van der Waals surface area (Å²) in [5.41, 5.74) is 0. The number of halogens is 1. The molecule has 0 aromatic carbocycles. The molecule has 1 aliphatic rings. The molecule has 0 aromatic rings. The van der Waals surface area contributed by atoms with E-state index in [2.05, 4.69) is 5.32 Å². The van der Waals surface area contributed by atoms with Crippen LogP contribution in [0.1, 0.15) is 19.3 Å². The van der Waals surface area contributed by atoms with Crippen molar-refractivity contribution in [2.75, 3.05) is 38.7 Å². The number of carbonyl (C=O) groups excluding carboxylic acids is 1. The molecule has 1 N–H and O–H groups in total. The minimum atomic E-state index is 0. The first-order valence-corrected chi connectivity index (χ1v) is 7.08. The summed E-state index contributed by atoms with van der Waals surface area (Å²) in [6, 6.07) is 0. The maximum Gasteiger partial charge on any atom is 0.232 e. The van der Waals surface area contributed by atoms with Gasteiger partial charge >= 0.3 is 0 Å². The van der Waals surface area contributed by atoms with Crippen molar-refractivity contribution in [3.8, 4) is 0 Å². The molecule has 1 saturated heterocycles. The highest BCUT2D eigenvalue weighted by Gasteiger charge is 2.21. The Hall–Kier alpha value is 0.0700. The molecule has 16 heavy (non-hydrogen) atoms. The first-order chi connectivity index (χ1) is 7.27. The number of hydrogen-bond donors (Lipinski definition) is 1. The molecule has 96 valence electrons. The Balaban J connectivity index is 0.00000225. The molecule has 0 radical (unpaired) electrons. The van der Waals surface area contributed by atoms with Gasteiger partial charge in [-0.25, -0.2) is 0 Å². The largest absolute Gasteiger partial charge is 0.342 e. The van der Waals surface area contributed by atoms with E-state index in [9.17, 15) is 4.79 Å². The van der Waals surface area contributed by atoms with Crippen molar-refractivity contribution in [2.24, 2.45) is 5.92 Å². The fourth-order valence-corrected chi connectivity index (χ4v) is 2.46. The molecular formula is C11H23ClN2OS. The number of rotatable bonds is 5. The fraction of sp³-hybridized carbons (Fsp3) is 0.909. The van der Waals surface area contributed by atoms with E-state index in [0.29, 0.717) is 11.7 Å². The van der Waals surface area contributed by atoms with Crippen LogP contribution >= 0.6 is 24.2 Å². The van der Waals surface area contributed by atoms with Crippen molar-refractivity contribution in [1.29, 1.82) is 0 Å². The van der Waals surface area contributed by atoms with Gasteiger partial charge in [-0.15, -0.1) is 12.4 Å². The van der Waals surface area contributed by atoms with Gasteiger partial charge in [0.1, 0.15) is 0 Å². The van der Waals surface area contributed by atoms with Gasteiger partial charge in [0.25, 0.3) is 0 Å². The van der Waals surface area contributed by atoms with Crippen LogP contribution in [0.4, 0.5) is 0 Å². The van der Waals surface area contributed by atoms with E-state index in [1.54, 1.807) is 11.8 Å². The fourth-order valence-electron chi connectivity index (χ4n) is 2.03. The van der Waals surface area contributed by atoms with Crippen LogP contribution in [0.2, 0.25) is 0 Å². The molecule has 0 aromatic heterocycles. The third-order valence-corrected chi connectivity index (χ3v) is 3.57. The van der Waals surface area contributed by atoms with Crippen LogP contribution in [0.25, 0.3) is 0 Å². The van der Waals surface area contributed by atoms with Crippen molar-refractivity contribution in [2.45, 2.75) is 19.3 Å². The summed E-state index contributed by atoms with van der Waals surface area (Å²) in [5, 5.41) is 3.19. The molecule has 1 fully saturated rings. The average Bonchev–Trinajstić information content (AvgIpc) is 2.27. The standard InChI is InChI=1S/C11H22N2OS.ClH/c1-12-6-3-10-4-7-13(8-5-10)11(14)9-15-2;/h10,12H,3-9H2,1-2H3;1H. The van der Waals surface area contributed by atoms with E-state index in [-0.39, 0.29) is 12.4 Å². The van der Waals surface area contributed by atoms with Crippen molar-refractivity contribution >= 4 is 30.1 Å². The SMILES string of the molecule is CNCCC1CCN(C(=O)CSC)CC1.Cl. The molecule has 0 atom stereocenters. The van der Waals surface area contributed by atoms with Crippen LogP contribution in [-0.2, 0) is 4.79 Å². The first-order valence-electron chi connectivity index (χ1n) is 5.69. The Labute approximate surface area is 109 Å². The van der Waals surface area contributed by atoms with Crippen LogP contribution in [0.5, 0.6) is 0 Å². The molecule has 0 spiro atoms. The summed E-state index contributed by atoms with van der Waals surface area (Å²) < 4.78 is 0. The van der Waals surface area contributed by atoms with Gasteiger partial charge in [-0.3, -0.25) is 4.79 Å². The molecule has 1 aliphatic heterocycles. The van der Waals surface area contributed by atoms with Gasteiger partial charge in [0.05, 0.1) is 5.75 Å². The second-order valence-electron chi connectivity index (χ2n) is 4.15. The van der Waals surface area contributed by atoms with Crippen molar-refractivity contribution < 1.29 is 4.79 Å². The lowest BCUT2D eigenvalue weighted by atomic mass is 9.93. The molecular weight excluding hydrogens is 244 g/mol. The normalized spacial score (nSPS) is 17.0. The lowest BCUT2D eigenvalue weighted by Crippen LogP contribution is -2.39. The topological polar surface area (TPSA) is 32.3 Å². The van der Waals surface area contributed by atoms with Crippen LogP contribution in [-0.4, -0.2) is 49.5 Å². The van der Waals surface area contributed by atoms with E-state index in [1.165, 1.54) is 19.3 Å². The van der Waals surface area contributed by atoms with Gasteiger partial charge in [0.15, 0.2) is 0 Å². The molecule has 0 saturated carbocycles. The second-order valence-corrected chi connectivity index (χ2v) is 5.02. The lowest BCUT2D eigenvalue weighted by Gasteiger charge is -2.32.